The molecule has 8 nitrogen and oxygen atoms in total. The van der Waals surface area contributed by atoms with Crippen LogP contribution >= 0.6 is 0 Å². The lowest BCUT2D eigenvalue weighted by atomic mass is 10.0. The number of carbonyl (C=O) groups is 2. The number of amides is 1. The quantitative estimate of drug-likeness (QED) is 0.462. The van der Waals surface area contributed by atoms with Crippen LogP contribution in [0.1, 0.15) is 27.2 Å². The summed E-state index contributed by atoms with van der Waals surface area (Å²) in [5.41, 5.74) is 2.55. The zero-order valence-electron chi connectivity index (χ0n) is 18.6. The number of benzene rings is 2. The Hall–Kier alpha value is -4.46. The number of ketones is 1. The maximum atomic E-state index is 13.2. The van der Waals surface area contributed by atoms with Crippen LogP contribution in [0.25, 0.3) is 11.0 Å². The number of aryl methyl sites for hydroxylation is 2. The van der Waals surface area contributed by atoms with Gasteiger partial charge in [-0.2, -0.15) is 0 Å². The maximum Gasteiger partial charge on any atom is 0.244 e. The van der Waals surface area contributed by atoms with Gasteiger partial charge in [0.05, 0.1) is 10.9 Å². The minimum atomic E-state index is -0.416. The molecule has 0 fully saturated rings. The van der Waals surface area contributed by atoms with Crippen LogP contribution in [0.4, 0.5) is 5.69 Å². The molecule has 170 valence electrons. The summed E-state index contributed by atoms with van der Waals surface area (Å²) in [5.74, 6) is 0.413. The monoisotopic (exact) mass is 455 g/mol. The van der Waals surface area contributed by atoms with Crippen molar-refractivity contribution in [2.45, 2.75) is 20.4 Å². The summed E-state index contributed by atoms with van der Waals surface area (Å²) >= 11 is 0. The summed E-state index contributed by atoms with van der Waals surface area (Å²) in [6, 6.07) is 15.5. The number of fused-ring (bicyclic) bond motifs is 2. The number of hydrogen-bond acceptors (Lipinski definition) is 6. The van der Waals surface area contributed by atoms with Crippen molar-refractivity contribution in [2.75, 3.05) is 12.1 Å². The predicted molar refractivity (Wildman–Crippen MR) is 127 cm³/mol. The van der Waals surface area contributed by atoms with Gasteiger partial charge in [-0.15, -0.1) is 0 Å². The van der Waals surface area contributed by atoms with Gasteiger partial charge in [-0.25, -0.2) is 4.98 Å². The first-order valence-electron chi connectivity index (χ1n) is 10.7. The molecule has 34 heavy (non-hydrogen) atoms. The van der Waals surface area contributed by atoms with E-state index in [1.54, 1.807) is 49.4 Å². The average Bonchev–Trinajstić information content (AvgIpc) is 3.29. The highest BCUT2D eigenvalue weighted by molar-refractivity contribution is 6.10. The molecule has 0 saturated heterocycles. The van der Waals surface area contributed by atoms with E-state index in [-0.39, 0.29) is 30.2 Å². The number of nitrogens with zero attached hydrogens (tertiary/aromatic N) is 2. The van der Waals surface area contributed by atoms with Crippen LogP contribution in [-0.2, 0) is 11.3 Å². The van der Waals surface area contributed by atoms with Crippen molar-refractivity contribution in [1.29, 1.82) is 0 Å². The average molecular weight is 455 g/mol. The van der Waals surface area contributed by atoms with Gasteiger partial charge < -0.3 is 19.4 Å². The summed E-state index contributed by atoms with van der Waals surface area (Å²) in [5, 5.41) is 3.09. The van der Waals surface area contributed by atoms with Gasteiger partial charge in [0.15, 0.2) is 17.3 Å². The topological polar surface area (TPSA) is 99.5 Å². The van der Waals surface area contributed by atoms with Gasteiger partial charge in [-0.05, 0) is 38.1 Å². The van der Waals surface area contributed by atoms with E-state index in [4.69, 9.17) is 9.47 Å². The molecule has 1 aliphatic heterocycles. The van der Waals surface area contributed by atoms with Gasteiger partial charge in [0.2, 0.25) is 18.1 Å². The van der Waals surface area contributed by atoms with E-state index in [9.17, 15) is 14.4 Å². The summed E-state index contributed by atoms with van der Waals surface area (Å²) in [4.78, 5) is 43.7. The fourth-order valence-corrected chi connectivity index (χ4v) is 3.83. The number of nitrogens with one attached hydrogen (secondary N) is 1. The molecule has 1 aliphatic rings. The second kappa shape index (κ2) is 8.47. The Bertz CT molecular complexity index is 1510. The molecule has 1 amide bonds. The largest absolute Gasteiger partial charge is 0.454 e. The first kappa shape index (κ1) is 21.4. The van der Waals surface area contributed by atoms with Crippen LogP contribution in [0.2, 0.25) is 0 Å². The number of hydrogen-bond donors (Lipinski definition) is 1. The molecule has 5 rings (SSSR count). The summed E-state index contributed by atoms with van der Waals surface area (Å²) in [6.07, 6.45) is 1.42. The molecule has 1 N–H and O–H groups in total. The fourth-order valence-electron chi connectivity index (χ4n) is 3.83. The van der Waals surface area contributed by atoms with Gasteiger partial charge in [-0.3, -0.25) is 14.4 Å². The molecule has 2 aromatic heterocycles. The van der Waals surface area contributed by atoms with Crippen LogP contribution in [-0.4, -0.2) is 28.0 Å². The van der Waals surface area contributed by atoms with E-state index in [0.29, 0.717) is 34.1 Å². The zero-order chi connectivity index (χ0) is 23.8. The molecule has 0 radical (unpaired) electrons. The van der Waals surface area contributed by atoms with Crippen molar-refractivity contribution < 1.29 is 19.1 Å². The lowest BCUT2D eigenvalue weighted by Crippen LogP contribution is -2.25. The third-order valence-corrected chi connectivity index (χ3v) is 5.59. The van der Waals surface area contributed by atoms with E-state index in [1.165, 1.54) is 10.8 Å². The predicted octanol–water partition coefficient (Wildman–Crippen LogP) is 3.61. The summed E-state index contributed by atoms with van der Waals surface area (Å²) in [6.45, 7) is 3.71. The van der Waals surface area contributed by atoms with Crippen LogP contribution in [0.5, 0.6) is 11.5 Å². The Morgan fingerprint density at radius 3 is 2.56 bits per heavy atom. The van der Waals surface area contributed by atoms with Crippen molar-refractivity contribution in [3.63, 3.8) is 0 Å². The number of ether oxygens (including phenoxy) is 2. The molecule has 0 saturated carbocycles. The van der Waals surface area contributed by atoms with Crippen molar-refractivity contribution >= 4 is 28.4 Å². The molecular weight excluding hydrogens is 434 g/mol. The Morgan fingerprint density at radius 1 is 1.00 bits per heavy atom. The molecule has 0 atom stereocenters. The number of aromatic nitrogens is 2. The second-order valence-corrected chi connectivity index (χ2v) is 8.13. The minimum Gasteiger partial charge on any atom is -0.454 e. The summed E-state index contributed by atoms with van der Waals surface area (Å²) < 4.78 is 12.2. The van der Waals surface area contributed by atoms with Gasteiger partial charge in [0.25, 0.3) is 0 Å². The van der Waals surface area contributed by atoms with Gasteiger partial charge >= 0.3 is 0 Å². The highest BCUT2D eigenvalue weighted by Crippen LogP contribution is 2.34. The smallest absolute Gasteiger partial charge is 0.244 e. The SMILES string of the molecule is Cc1ccc(C(=O)c2cn(CC(=O)Nc3ccc4c(c3)OCO4)c3nc(C)ccc3c2=O)cc1. The number of rotatable bonds is 5. The van der Waals surface area contributed by atoms with Gasteiger partial charge in [-0.1, -0.05) is 29.8 Å². The number of anilines is 1. The third kappa shape index (κ3) is 4.01. The first-order valence-corrected chi connectivity index (χ1v) is 10.7. The Morgan fingerprint density at radius 2 is 1.76 bits per heavy atom. The molecule has 3 heterocycles. The standard InChI is InChI=1S/C26H21N3O5/c1-15-3-6-17(7-4-15)24(31)20-12-29(26-19(25(20)32)9-5-16(2)27-26)13-23(30)28-18-8-10-21-22(11-18)34-14-33-21/h3-12H,13-14H2,1-2H3,(H,28,30). The molecular formula is C26H21N3O5. The Labute approximate surface area is 194 Å². The minimum absolute atomic E-state index is 0.0158. The van der Waals surface area contributed by atoms with Crippen LogP contribution in [0.15, 0.2) is 65.6 Å². The van der Waals surface area contributed by atoms with Crippen LogP contribution in [0, 0.1) is 13.8 Å². The Balaban J connectivity index is 1.51. The second-order valence-electron chi connectivity index (χ2n) is 8.13. The molecule has 2 aromatic carbocycles. The third-order valence-electron chi connectivity index (χ3n) is 5.59. The highest BCUT2D eigenvalue weighted by atomic mass is 16.7. The summed E-state index contributed by atoms with van der Waals surface area (Å²) in [7, 11) is 0. The normalized spacial score (nSPS) is 12.1. The first-order chi connectivity index (χ1) is 16.4. The molecule has 0 aliphatic carbocycles. The maximum absolute atomic E-state index is 13.2. The molecule has 0 unspecified atom stereocenters. The van der Waals surface area contributed by atoms with Crippen molar-refractivity contribution in [2.24, 2.45) is 0 Å². The van der Waals surface area contributed by atoms with Crippen LogP contribution in [0.3, 0.4) is 0 Å². The van der Waals surface area contributed by atoms with Gasteiger partial charge in [0.1, 0.15) is 12.2 Å². The van der Waals surface area contributed by atoms with Crippen LogP contribution < -0.4 is 20.2 Å². The molecule has 0 bridgehead atoms. The van der Waals surface area contributed by atoms with Gasteiger partial charge in [0, 0.05) is 29.2 Å². The fraction of sp³-hybridized carbons (Fsp3) is 0.154. The zero-order valence-corrected chi connectivity index (χ0v) is 18.6. The van der Waals surface area contributed by atoms with Crippen molar-refractivity contribution in [1.82, 2.24) is 9.55 Å². The number of carbonyl (C=O) groups excluding carboxylic acids is 2. The Kier molecular flexibility index (Phi) is 5.33. The molecule has 4 aromatic rings. The van der Waals surface area contributed by atoms with E-state index in [2.05, 4.69) is 10.3 Å². The van der Waals surface area contributed by atoms with E-state index < -0.39 is 11.2 Å². The molecule has 8 heteroatoms. The van der Waals surface area contributed by atoms with Crippen molar-refractivity contribution in [3.8, 4) is 11.5 Å². The van der Waals surface area contributed by atoms with E-state index in [0.717, 1.165) is 5.56 Å². The molecule has 0 spiro atoms. The van der Waals surface area contributed by atoms with Crippen molar-refractivity contribution in [3.05, 3.63) is 93.4 Å². The lowest BCUT2D eigenvalue weighted by Gasteiger charge is -2.13. The van der Waals surface area contributed by atoms with E-state index >= 15 is 0 Å². The lowest BCUT2D eigenvalue weighted by molar-refractivity contribution is -0.116. The number of pyridine rings is 2. The highest BCUT2D eigenvalue weighted by Gasteiger charge is 2.20. The van der Waals surface area contributed by atoms with E-state index in [1.807, 2.05) is 19.1 Å².